The number of hydrogen-bond donors (Lipinski definition) is 1. The molecular weight excluding hydrogens is 296 g/mol. The minimum atomic E-state index is -0.724. The molecule has 0 atom stereocenters. The number of hydrogen-bond acceptors (Lipinski definition) is 1. The molecule has 0 aromatic heterocycles. The minimum absolute atomic E-state index is 0.232. The van der Waals surface area contributed by atoms with E-state index in [1.807, 2.05) is 6.08 Å². The Morgan fingerprint density at radius 3 is 1.79 bits per heavy atom. The third-order valence-corrected chi connectivity index (χ3v) is 4.02. The minimum Gasteiger partial charge on any atom is -0.481 e. The SMILES string of the molecule is CCCCCCCCCCC=CCC=CCC/C=C\CCC(=O)O. The molecule has 2 heteroatoms. The highest BCUT2D eigenvalue weighted by atomic mass is 16.4. The number of allylic oxidation sites excluding steroid dienone is 6. The van der Waals surface area contributed by atoms with Gasteiger partial charge in [-0.25, -0.2) is 0 Å². The zero-order chi connectivity index (χ0) is 17.7. The molecule has 2 nitrogen and oxygen atoms in total. The summed E-state index contributed by atoms with van der Waals surface area (Å²) >= 11 is 0. The summed E-state index contributed by atoms with van der Waals surface area (Å²) in [5.74, 6) is -0.724. The molecule has 0 unspecified atom stereocenters. The zero-order valence-corrected chi connectivity index (χ0v) is 15.7. The highest BCUT2D eigenvalue weighted by Crippen LogP contribution is 2.09. The van der Waals surface area contributed by atoms with Gasteiger partial charge in [-0.1, -0.05) is 88.3 Å². The average Bonchev–Trinajstić information content (AvgIpc) is 2.56. The first kappa shape index (κ1) is 22.7. The second-order valence-corrected chi connectivity index (χ2v) is 6.42. The van der Waals surface area contributed by atoms with E-state index in [4.69, 9.17) is 5.11 Å². The lowest BCUT2D eigenvalue weighted by molar-refractivity contribution is -0.136. The fourth-order valence-corrected chi connectivity index (χ4v) is 2.54. The monoisotopic (exact) mass is 334 g/mol. The number of rotatable bonds is 17. The van der Waals surface area contributed by atoms with E-state index in [1.54, 1.807) is 0 Å². The molecular formula is C22H38O2. The summed E-state index contributed by atoms with van der Waals surface area (Å²) in [5, 5.41) is 8.51. The Bertz CT molecular complexity index is 353. The second-order valence-electron chi connectivity index (χ2n) is 6.42. The van der Waals surface area contributed by atoms with Gasteiger partial charge in [-0.2, -0.15) is 0 Å². The van der Waals surface area contributed by atoms with Crippen LogP contribution in [0.4, 0.5) is 0 Å². The maximum atomic E-state index is 10.3. The van der Waals surface area contributed by atoms with Crippen molar-refractivity contribution < 1.29 is 9.90 Å². The topological polar surface area (TPSA) is 37.3 Å². The molecule has 0 aromatic carbocycles. The van der Waals surface area contributed by atoms with Gasteiger partial charge in [0, 0.05) is 6.42 Å². The van der Waals surface area contributed by atoms with Crippen molar-refractivity contribution in [3.05, 3.63) is 36.5 Å². The summed E-state index contributed by atoms with van der Waals surface area (Å²) in [5.41, 5.74) is 0. The third-order valence-electron chi connectivity index (χ3n) is 4.02. The third kappa shape index (κ3) is 20.7. The highest BCUT2D eigenvalue weighted by molar-refractivity contribution is 5.66. The van der Waals surface area contributed by atoms with Crippen molar-refractivity contribution >= 4 is 5.97 Å². The van der Waals surface area contributed by atoms with Crippen molar-refractivity contribution in [2.45, 2.75) is 96.8 Å². The van der Waals surface area contributed by atoms with Gasteiger partial charge in [0.15, 0.2) is 0 Å². The van der Waals surface area contributed by atoms with Crippen molar-refractivity contribution in [1.82, 2.24) is 0 Å². The Morgan fingerprint density at radius 1 is 0.667 bits per heavy atom. The van der Waals surface area contributed by atoms with Crippen LogP contribution in [0.25, 0.3) is 0 Å². The highest BCUT2D eigenvalue weighted by Gasteiger charge is 1.91. The molecule has 138 valence electrons. The molecule has 0 amide bonds. The van der Waals surface area contributed by atoms with Crippen molar-refractivity contribution in [3.8, 4) is 0 Å². The van der Waals surface area contributed by atoms with Crippen LogP contribution in [0.2, 0.25) is 0 Å². The number of unbranched alkanes of at least 4 members (excludes halogenated alkanes) is 9. The van der Waals surface area contributed by atoms with Crippen LogP contribution >= 0.6 is 0 Å². The van der Waals surface area contributed by atoms with Crippen LogP contribution in [-0.4, -0.2) is 11.1 Å². The van der Waals surface area contributed by atoms with E-state index in [0.717, 1.165) is 19.3 Å². The van der Waals surface area contributed by atoms with E-state index < -0.39 is 5.97 Å². The molecule has 24 heavy (non-hydrogen) atoms. The summed E-state index contributed by atoms with van der Waals surface area (Å²) in [6.45, 7) is 2.27. The molecule has 0 aliphatic heterocycles. The fraction of sp³-hybridized carbons (Fsp3) is 0.682. The van der Waals surface area contributed by atoms with Crippen LogP contribution in [0.5, 0.6) is 0 Å². The van der Waals surface area contributed by atoms with Crippen molar-refractivity contribution in [2.75, 3.05) is 0 Å². The van der Waals surface area contributed by atoms with Gasteiger partial charge < -0.3 is 5.11 Å². The zero-order valence-electron chi connectivity index (χ0n) is 15.7. The van der Waals surface area contributed by atoms with Crippen LogP contribution in [0.1, 0.15) is 96.8 Å². The summed E-state index contributed by atoms with van der Waals surface area (Å²) in [4.78, 5) is 10.3. The van der Waals surface area contributed by atoms with E-state index >= 15 is 0 Å². The maximum Gasteiger partial charge on any atom is 0.303 e. The quantitative estimate of drug-likeness (QED) is 0.225. The van der Waals surface area contributed by atoms with E-state index in [1.165, 1.54) is 57.8 Å². The molecule has 0 rings (SSSR count). The summed E-state index contributed by atoms with van der Waals surface area (Å²) in [7, 11) is 0. The largest absolute Gasteiger partial charge is 0.481 e. The standard InChI is InChI=1S/C22H38O2/c1-2-3-4-5-6-7-8-9-10-11-12-13-14-15-16-17-18-19-20-21-22(23)24/h11-12,14-15,18-19H,2-10,13,16-17,20-21H2,1H3,(H,23,24)/b12-11?,15-14?,19-18-. The fourth-order valence-electron chi connectivity index (χ4n) is 2.54. The maximum absolute atomic E-state index is 10.3. The van der Waals surface area contributed by atoms with Crippen LogP contribution < -0.4 is 0 Å². The molecule has 0 bridgehead atoms. The van der Waals surface area contributed by atoms with Crippen LogP contribution in [-0.2, 0) is 4.79 Å². The van der Waals surface area contributed by atoms with Gasteiger partial charge >= 0.3 is 5.97 Å². The molecule has 1 N–H and O–H groups in total. The van der Waals surface area contributed by atoms with Gasteiger partial charge in [-0.05, 0) is 38.5 Å². The first-order valence-electron chi connectivity index (χ1n) is 9.94. The normalized spacial score (nSPS) is 12.0. The molecule has 0 spiro atoms. The van der Waals surface area contributed by atoms with Crippen LogP contribution in [0, 0.1) is 0 Å². The summed E-state index contributed by atoms with van der Waals surface area (Å²) in [6, 6.07) is 0. The number of aliphatic carboxylic acids is 1. The lowest BCUT2D eigenvalue weighted by atomic mass is 10.1. The van der Waals surface area contributed by atoms with Gasteiger partial charge in [0.2, 0.25) is 0 Å². The van der Waals surface area contributed by atoms with Crippen LogP contribution in [0.3, 0.4) is 0 Å². The summed E-state index contributed by atoms with van der Waals surface area (Å²) in [6.07, 6.45) is 29.3. The number of carboxylic acids is 1. The van der Waals surface area contributed by atoms with Gasteiger partial charge in [-0.15, -0.1) is 0 Å². The Labute approximate surface area is 149 Å². The molecule has 0 aliphatic carbocycles. The second kappa shape index (κ2) is 19.7. The van der Waals surface area contributed by atoms with Crippen molar-refractivity contribution in [2.24, 2.45) is 0 Å². The molecule has 0 saturated heterocycles. The van der Waals surface area contributed by atoms with Gasteiger partial charge in [0.05, 0.1) is 0 Å². The number of carboxylic acid groups (broad SMARTS) is 1. The van der Waals surface area contributed by atoms with Gasteiger partial charge in [-0.3, -0.25) is 4.79 Å². The Kier molecular flexibility index (Phi) is 18.7. The first-order chi connectivity index (χ1) is 11.8. The molecule has 0 aromatic rings. The van der Waals surface area contributed by atoms with E-state index in [-0.39, 0.29) is 6.42 Å². The summed E-state index contributed by atoms with van der Waals surface area (Å²) < 4.78 is 0. The first-order valence-corrected chi connectivity index (χ1v) is 9.94. The lowest BCUT2D eigenvalue weighted by Crippen LogP contribution is -1.91. The van der Waals surface area contributed by atoms with E-state index in [9.17, 15) is 4.79 Å². The van der Waals surface area contributed by atoms with Crippen molar-refractivity contribution in [1.29, 1.82) is 0 Å². The Hall–Kier alpha value is -1.31. The van der Waals surface area contributed by atoms with Gasteiger partial charge in [0.1, 0.15) is 0 Å². The molecule has 0 saturated carbocycles. The molecule has 0 aliphatic rings. The van der Waals surface area contributed by atoms with Crippen LogP contribution in [0.15, 0.2) is 36.5 Å². The van der Waals surface area contributed by atoms with Gasteiger partial charge in [0.25, 0.3) is 0 Å². The predicted octanol–water partition coefficient (Wildman–Crippen LogP) is 7.22. The lowest BCUT2D eigenvalue weighted by Gasteiger charge is -1.99. The smallest absolute Gasteiger partial charge is 0.303 e. The van der Waals surface area contributed by atoms with E-state index in [0.29, 0.717) is 6.42 Å². The molecule has 0 fully saturated rings. The molecule has 0 radical (unpaired) electrons. The number of carbonyl (C=O) groups is 1. The van der Waals surface area contributed by atoms with E-state index in [2.05, 4.69) is 37.3 Å². The predicted molar refractivity (Wildman–Crippen MR) is 105 cm³/mol. The molecule has 0 heterocycles. The average molecular weight is 335 g/mol. The Morgan fingerprint density at radius 2 is 1.17 bits per heavy atom. The van der Waals surface area contributed by atoms with Crippen molar-refractivity contribution in [3.63, 3.8) is 0 Å². The Balaban J connectivity index is 3.26.